The molecule has 2 nitrogen and oxygen atoms in total. The normalized spacial score (nSPS) is 32.1. The van der Waals surface area contributed by atoms with Gasteiger partial charge in [0.25, 0.3) is 0 Å². The lowest BCUT2D eigenvalue weighted by Crippen LogP contribution is -2.26. The highest BCUT2D eigenvalue weighted by Gasteiger charge is 2.26. The molecule has 1 fully saturated rings. The Morgan fingerprint density at radius 1 is 1.31 bits per heavy atom. The first-order valence-corrected chi connectivity index (χ1v) is 5.53. The summed E-state index contributed by atoms with van der Waals surface area (Å²) in [6.07, 6.45) is 2.62. The minimum atomic E-state index is 0.755. The molecule has 1 saturated heterocycles. The molecule has 2 atom stereocenters. The minimum absolute atomic E-state index is 0.755. The Morgan fingerprint density at radius 3 is 2.46 bits per heavy atom. The van der Waals surface area contributed by atoms with Gasteiger partial charge in [-0.15, -0.1) is 0 Å². The van der Waals surface area contributed by atoms with Crippen LogP contribution in [-0.2, 0) is 0 Å². The van der Waals surface area contributed by atoms with Crippen LogP contribution in [0.5, 0.6) is 0 Å². The number of nitrogens with zero attached hydrogens (tertiary/aromatic N) is 1. The molecule has 0 spiro atoms. The topological polar surface area (TPSA) is 29.3 Å². The Balaban J connectivity index is 2.56. The highest BCUT2D eigenvalue weighted by atomic mass is 15.1. The van der Waals surface area contributed by atoms with Crippen LogP contribution in [0.3, 0.4) is 0 Å². The van der Waals surface area contributed by atoms with Gasteiger partial charge in [0, 0.05) is 0 Å². The van der Waals surface area contributed by atoms with Crippen LogP contribution in [0.25, 0.3) is 0 Å². The molecular weight excluding hydrogens is 160 g/mol. The SMILES string of the molecule is CC(C)C1CCN(C)CCC1CN. The van der Waals surface area contributed by atoms with E-state index in [-0.39, 0.29) is 0 Å². The molecule has 0 bridgehead atoms. The predicted octanol–water partition coefficient (Wildman–Crippen LogP) is 1.56. The van der Waals surface area contributed by atoms with Crippen molar-refractivity contribution in [2.75, 3.05) is 26.7 Å². The molecule has 2 N–H and O–H groups in total. The van der Waals surface area contributed by atoms with E-state index < -0.39 is 0 Å². The third-order valence-corrected chi connectivity index (χ3v) is 3.49. The monoisotopic (exact) mass is 184 g/mol. The lowest BCUT2D eigenvalue weighted by molar-refractivity contribution is 0.249. The van der Waals surface area contributed by atoms with Gasteiger partial charge in [-0.2, -0.15) is 0 Å². The zero-order valence-corrected chi connectivity index (χ0v) is 9.29. The summed E-state index contributed by atoms with van der Waals surface area (Å²) in [5, 5.41) is 0. The van der Waals surface area contributed by atoms with Gasteiger partial charge in [0.2, 0.25) is 0 Å². The molecule has 0 aromatic heterocycles. The van der Waals surface area contributed by atoms with E-state index in [1.165, 1.54) is 25.9 Å². The fourth-order valence-electron chi connectivity index (χ4n) is 2.49. The van der Waals surface area contributed by atoms with E-state index in [4.69, 9.17) is 5.73 Å². The van der Waals surface area contributed by atoms with E-state index in [1.54, 1.807) is 0 Å². The van der Waals surface area contributed by atoms with Gasteiger partial charge in [0.1, 0.15) is 0 Å². The van der Waals surface area contributed by atoms with E-state index in [2.05, 4.69) is 25.8 Å². The summed E-state index contributed by atoms with van der Waals surface area (Å²) in [6, 6.07) is 0. The third kappa shape index (κ3) is 2.96. The molecule has 0 amide bonds. The summed E-state index contributed by atoms with van der Waals surface area (Å²) in [4.78, 5) is 2.44. The molecule has 2 unspecified atom stereocenters. The maximum absolute atomic E-state index is 5.83. The van der Waals surface area contributed by atoms with Crippen molar-refractivity contribution in [1.29, 1.82) is 0 Å². The average Bonchev–Trinajstić information content (AvgIpc) is 2.26. The molecule has 0 aliphatic carbocycles. The van der Waals surface area contributed by atoms with Gasteiger partial charge in [-0.1, -0.05) is 13.8 Å². The van der Waals surface area contributed by atoms with Crippen LogP contribution in [0.2, 0.25) is 0 Å². The van der Waals surface area contributed by atoms with Gasteiger partial charge in [-0.3, -0.25) is 0 Å². The molecule has 1 aliphatic rings. The van der Waals surface area contributed by atoms with Crippen molar-refractivity contribution in [3.63, 3.8) is 0 Å². The largest absolute Gasteiger partial charge is 0.330 e. The van der Waals surface area contributed by atoms with Crippen LogP contribution in [0.1, 0.15) is 26.7 Å². The zero-order valence-electron chi connectivity index (χ0n) is 9.29. The van der Waals surface area contributed by atoms with Crippen molar-refractivity contribution < 1.29 is 0 Å². The molecule has 0 saturated carbocycles. The van der Waals surface area contributed by atoms with Crippen LogP contribution in [0.4, 0.5) is 0 Å². The van der Waals surface area contributed by atoms with Crippen molar-refractivity contribution in [2.24, 2.45) is 23.5 Å². The standard InChI is InChI=1S/C11H24N2/c1-9(2)11-5-7-13(3)6-4-10(11)8-12/h9-11H,4-8,12H2,1-3H3. The van der Waals surface area contributed by atoms with Crippen LogP contribution in [0, 0.1) is 17.8 Å². The molecule has 78 valence electrons. The number of hydrogen-bond acceptors (Lipinski definition) is 2. The first-order valence-electron chi connectivity index (χ1n) is 5.53. The first kappa shape index (κ1) is 11.0. The second-order valence-corrected chi connectivity index (χ2v) is 4.78. The van der Waals surface area contributed by atoms with Gasteiger partial charge in [-0.25, -0.2) is 0 Å². The Bertz CT molecular complexity index is 145. The van der Waals surface area contributed by atoms with Crippen LogP contribution >= 0.6 is 0 Å². The Hall–Kier alpha value is -0.0800. The molecule has 13 heavy (non-hydrogen) atoms. The number of nitrogens with two attached hydrogens (primary N) is 1. The molecule has 1 aliphatic heterocycles. The van der Waals surface area contributed by atoms with Gasteiger partial charge in [0.05, 0.1) is 0 Å². The smallest absolute Gasteiger partial charge is 0.00186 e. The van der Waals surface area contributed by atoms with Crippen molar-refractivity contribution in [3.8, 4) is 0 Å². The molecule has 0 aromatic carbocycles. The molecule has 1 rings (SSSR count). The van der Waals surface area contributed by atoms with Gasteiger partial charge in [0.15, 0.2) is 0 Å². The van der Waals surface area contributed by atoms with E-state index >= 15 is 0 Å². The highest BCUT2D eigenvalue weighted by Crippen LogP contribution is 2.29. The second kappa shape index (κ2) is 4.97. The Kier molecular flexibility index (Phi) is 4.20. The summed E-state index contributed by atoms with van der Waals surface area (Å²) in [5.74, 6) is 2.39. The maximum atomic E-state index is 5.83. The lowest BCUT2D eigenvalue weighted by atomic mass is 9.80. The molecular formula is C11H24N2. The van der Waals surface area contributed by atoms with Crippen LogP contribution in [0.15, 0.2) is 0 Å². The molecule has 1 heterocycles. The third-order valence-electron chi connectivity index (χ3n) is 3.49. The Labute approximate surface area is 82.5 Å². The lowest BCUT2D eigenvalue weighted by Gasteiger charge is -2.26. The fraction of sp³-hybridized carbons (Fsp3) is 1.00. The fourth-order valence-corrected chi connectivity index (χ4v) is 2.49. The van der Waals surface area contributed by atoms with Crippen molar-refractivity contribution in [2.45, 2.75) is 26.7 Å². The van der Waals surface area contributed by atoms with Crippen molar-refractivity contribution in [1.82, 2.24) is 4.90 Å². The van der Waals surface area contributed by atoms with Crippen molar-refractivity contribution in [3.05, 3.63) is 0 Å². The highest BCUT2D eigenvalue weighted by molar-refractivity contribution is 4.78. The minimum Gasteiger partial charge on any atom is -0.330 e. The summed E-state index contributed by atoms with van der Waals surface area (Å²) < 4.78 is 0. The van der Waals surface area contributed by atoms with E-state index in [9.17, 15) is 0 Å². The predicted molar refractivity (Wildman–Crippen MR) is 57.6 cm³/mol. The quantitative estimate of drug-likeness (QED) is 0.705. The van der Waals surface area contributed by atoms with E-state index in [0.717, 1.165) is 24.3 Å². The Morgan fingerprint density at radius 2 is 1.92 bits per heavy atom. The van der Waals surface area contributed by atoms with E-state index in [0.29, 0.717) is 0 Å². The number of rotatable bonds is 2. The van der Waals surface area contributed by atoms with Crippen LogP contribution < -0.4 is 5.73 Å². The molecule has 0 radical (unpaired) electrons. The average molecular weight is 184 g/mol. The number of hydrogen-bond donors (Lipinski definition) is 1. The van der Waals surface area contributed by atoms with Gasteiger partial charge >= 0.3 is 0 Å². The van der Waals surface area contributed by atoms with Crippen molar-refractivity contribution >= 4 is 0 Å². The van der Waals surface area contributed by atoms with Gasteiger partial charge < -0.3 is 10.6 Å². The maximum Gasteiger partial charge on any atom is -0.00186 e. The molecule has 2 heteroatoms. The summed E-state index contributed by atoms with van der Waals surface area (Å²) in [5.41, 5.74) is 5.83. The zero-order chi connectivity index (χ0) is 9.84. The van der Waals surface area contributed by atoms with E-state index in [1.807, 2.05) is 0 Å². The summed E-state index contributed by atoms with van der Waals surface area (Å²) >= 11 is 0. The second-order valence-electron chi connectivity index (χ2n) is 4.78. The van der Waals surface area contributed by atoms with Crippen LogP contribution in [-0.4, -0.2) is 31.6 Å². The summed E-state index contributed by atoms with van der Waals surface area (Å²) in [6.45, 7) is 8.01. The van der Waals surface area contributed by atoms with Gasteiger partial charge in [-0.05, 0) is 57.3 Å². The molecule has 0 aromatic rings. The summed E-state index contributed by atoms with van der Waals surface area (Å²) in [7, 11) is 2.22. The number of likely N-dealkylation sites (tertiary alicyclic amines) is 1. The first-order chi connectivity index (χ1) is 6.15.